The fourth-order valence-electron chi connectivity index (χ4n) is 1.62. The van der Waals surface area contributed by atoms with Crippen molar-refractivity contribution in [2.24, 2.45) is 0 Å². The van der Waals surface area contributed by atoms with Crippen LogP contribution in [-0.2, 0) is 14.3 Å². The first-order chi connectivity index (χ1) is 9.83. The first-order valence-corrected chi connectivity index (χ1v) is 7.18. The van der Waals surface area contributed by atoms with Crippen molar-refractivity contribution in [2.75, 3.05) is 25.5 Å². The van der Waals surface area contributed by atoms with Crippen molar-refractivity contribution in [2.45, 2.75) is 19.9 Å². The fraction of sp³-hybridized carbons (Fsp3) is 0.429. The predicted molar refractivity (Wildman–Crippen MR) is 81.5 cm³/mol. The Labute approximate surface area is 131 Å². The molecule has 5 nitrogen and oxygen atoms in total. The quantitative estimate of drug-likeness (QED) is 0.791. The molecule has 0 unspecified atom stereocenters. The second kappa shape index (κ2) is 8.09. The zero-order valence-electron chi connectivity index (χ0n) is 12.2. The number of nitrogens with zero attached hydrogens (tertiary/aromatic N) is 1. The number of anilines is 1. The molecule has 0 aliphatic carbocycles. The molecule has 1 aromatic carbocycles. The highest BCUT2D eigenvalue weighted by Crippen LogP contribution is 2.19. The summed E-state index contributed by atoms with van der Waals surface area (Å²) in [4.78, 5) is 24.9. The number of carbonyl (C=O) groups excluding carboxylic acids is 2. The molecule has 1 rings (SSSR count). The van der Waals surface area contributed by atoms with Gasteiger partial charge in [-0.25, -0.2) is 4.39 Å². The third-order valence-corrected chi connectivity index (χ3v) is 3.34. The van der Waals surface area contributed by atoms with Gasteiger partial charge in [-0.05, 0) is 32.0 Å². The monoisotopic (exact) mass is 360 g/mol. The maximum atomic E-state index is 13.6. The normalized spacial score (nSPS) is 10.8. The number of hydrogen-bond acceptors (Lipinski definition) is 4. The summed E-state index contributed by atoms with van der Waals surface area (Å²) in [6.45, 7) is 3.69. The van der Waals surface area contributed by atoms with E-state index in [1.807, 2.05) is 13.8 Å². The minimum Gasteiger partial charge on any atom is -0.468 e. The standard InChI is InChI=1S/C14H18BrFN2O3/c1-9(2)18(8-14(20)21-3)7-13(19)17-12-5-4-10(15)6-11(12)16/h4-6,9H,7-8H2,1-3H3,(H,17,19). The minimum absolute atomic E-state index is 0.00437. The highest BCUT2D eigenvalue weighted by atomic mass is 79.9. The maximum Gasteiger partial charge on any atom is 0.319 e. The Balaban J connectivity index is 2.67. The summed E-state index contributed by atoms with van der Waals surface area (Å²) < 4.78 is 18.8. The Bertz CT molecular complexity index is 523. The van der Waals surface area contributed by atoms with E-state index in [2.05, 4.69) is 26.0 Å². The van der Waals surface area contributed by atoms with Gasteiger partial charge in [-0.2, -0.15) is 0 Å². The largest absolute Gasteiger partial charge is 0.468 e. The molecule has 0 aliphatic heterocycles. The van der Waals surface area contributed by atoms with Crippen LogP contribution >= 0.6 is 15.9 Å². The van der Waals surface area contributed by atoms with Gasteiger partial charge in [-0.1, -0.05) is 15.9 Å². The molecule has 0 fully saturated rings. The zero-order chi connectivity index (χ0) is 16.0. The Morgan fingerprint density at radius 3 is 2.57 bits per heavy atom. The minimum atomic E-state index is -0.526. The van der Waals surface area contributed by atoms with Crippen LogP contribution in [0.4, 0.5) is 10.1 Å². The molecule has 1 amide bonds. The Hall–Kier alpha value is -1.47. The van der Waals surface area contributed by atoms with Gasteiger partial charge in [-0.3, -0.25) is 14.5 Å². The molecular weight excluding hydrogens is 343 g/mol. The number of ether oxygens (including phenoxy) is 1. The SMILES string of the molecule is COC(=O)CN(CC(=O)Nc1ccc(Br)cc1F)C(C)C. The van der Waals surface area contributed by atoms with E-state index in [0.29, 0.717) is 4.47 Å². The molecule has 21 heavy (non-hydrogen) atoms. The van der Waals surface area contributed by atoms with E-state index >= 15 is 0 Å². The van der Waals surface area contributed by atoms with E-state index in [1.165, 1.54) is 19.2 Å². The number of benzene rings is 1. The van der Waals surface area contributed by atoms with Crippen LogP contribution in [0.5, 0.6) is 0 Å². The van der Waals surface area contributed by atoms with Crippen LogP contribution in [0.1, 0.15) is 13.8 Å². The maximum absolute atomic E-state index is 13.6. The Morgan fingerprint density at radius 1 is 1.38 bits per heavy atom. The van der Waals surface area contributed by atoms with Crippen LogP contribution in [-0.4, -0.2) is 43.0 Å². The first-order valence-electron chi connectivity index (χ1n) is 6.39. The molecule has 0 spiro atoms. The second-order valence-electron chi connectivity index (χ2n) is 4.75. The van der Waals surface area contributed by atoms with Crippen molar-refractivity contribution >= 4 is 33.5 Å². The average Bonchev–Trinajstić information content (AvgIpc) is 2.40. The van der Waals surface area contributed by atoms with E-state index < -0.39 is 17.7 Å². The lowest BCUT2D eigenvalue weighted by molar-refractivity contribution is -0.142. The van der Waals surface area contributed by atoms with Crippen molar-refractivity contribution in [3.63, 3.8) is 0 Å². The third kappa shape index (κ3) is 5.81. The summed E-state index contributed by atoms with van der Waals surface area (Å²) in [5.74, 6) is -1.35. The summed E-state index contributed by atoms with van der Waals surface area (Å²) in [6.07, 6.45) is 0. The lowest BCUT2D eigenvalue weighted by Crippen LogP contribution is -2.41. The summed E-state index contributed by atoms with van der Waals surface area (Å²) in [6, 6.07) is 4.35. The highest BCUT2D eigenvalue weighted by Gasteiger charge is 2.18. The molecule has 0 bridgehead atoms. The molecule has 116 valence electrons. The van der Waals surface area contributed by atoms with E-state index in [9.17, 15) is 14.0 Å². The van der Waals surface area contributed by atoms with Crippen LogP contribution in [0.25, 0.3) is 0 Å². The van der Waals surface area contributed by atoms with E-state index in [1.54, 1.807) is 11.0 Å². The second-order valence-corrected chi connectivity index (χ2v) is 5.66. The molecule has 1 aromatic rings. The summed E-state index contributed by atoms with van der Waals surface area (Å²) >= 11 is 3.14. The summed E-state index contributed by atoms with van der Waals surface area (Å²) in [5.41, 5.74) is 0.102. The predicted octanol–water partition coefficient (Wildman–Crippen LogP) is 2.41. The molecular formula is C14H18BrFN2O3. The van der Waals surface area contributed by atoms with Gasteiger partial charge in [-0.15, -0.1) is 0 Å². The molecule has 0 aromatic heterocycles. The van der Waals surface area contributed by atoms with Crippen LogP contribution in [0, 0.1) is 5.82 Å². The number of methoxy groups -OCH3 is 1. The van der Waals surface area contributed by atoms with Gasteiger partial charge in [0.15, 0.2) is 0 Å². The van der Waals surface area contributed by atoms with Gasteiger partial charge in [0.05, 0.1) is 25.9 Å². The van der Waals surface area contributed by atoms with Gasteiger partial charge >= 0.3 is 5.97 Å². The van der Waals surface area contributed by atoms with E-state index in [0.717, 1.165) is 0 Å². The Kier molecular flexibility index (Phi) is 6.77. The van der Waals surface area contributed by atoms with Crippen LogP contribution in [0.3, 0.4) is 0 Å². The van der Waals surface area contributed by atoms with Gasteiger partial charge in [0.1, 0.15) is 5.82 Å². The zero-order valence-corrected chi connectivity index (χ0v) is 13.7. The molecule has 0 saturated carbocycles. The van der Waals surface area contributed by atoms with Crippen molar-refractivity contribution in [3.05, 3.63) is 28.5 Å². The highest BCUT2D eigenvalue weighted by molar-refractivity contribution is 9.10. The molecule has 1 N–H and O–H groups in total. The number of amides is 1. The van der Waals surface area contributed by atoms with Gasteiger partial charge in [0, 0.05) is 10.5 Å². The lowest BCUT2D eigenvalue weighted by atomic mass is 10.3. The van der Waals surface area contributed by atoms with Gasteiger partial charge < -0.3 is 10.1 Å². The number of halogens is 2. The van der Waals surface area contributed by atoms with Crippen molar-refractivity contribution in [1.82, 2.24) is 4.90 Å². The number of carbonyl (C=O) groups is 2. The molecule has 7 heteroatoms. The fourth-order valence-corrected chi connectivity index (χ4v) is 1.95. The average molecular weight is 361 g/mol. The van der Waals surface area contributed by atoms with E-state index in [4.69, 9.17) is 0 Å². The number of esters is 1. The smallest absolute Gasteiger partial charge is 0.319 e. The van der Waals surface area contributed by atoms with Crippen LogP contribution in [0.15, 0.2) is 22.7 Å². The molecule has 0 aliphatic rings. The molecule has 0 radical (unpaired) electrons. The lowest BCUT2D eigenvalue weighted by Gasteiger charge is -2.24. The number of nitrogens with one attached hydrogen (secondary N) is 1. The third-order valence-electron chi connectivity index (χ3n) is 2.84. The number of rotatable bonds is 6. The van der Waals surface area contributed by atoms with Gasteiger partial charge in [0.2, 0.25) is 5.91 Å². The van der Waals surface area contributed by atoms with Gasteiger partial charge in [0.25, 0.3) is 0 Å². The van der Waals surface area contributed by atoms with E-state index in [-0.39, 0.29) is 24.8 Å². The Morgan fingerprint density at radius 2 is 2.05 bits per heavy atom. The number of hydrogen-bond donors (Lipinski definition) is 1. The molecule has 0 atom stereocenters. The molecule has 0 heterocycles. The van der Waals surface area contributed by atoms with Crippen LogP contribution in [0.2, 0.25) is 0 Å². The topological polar surface area (TPSA) is 58.6 Å². The van der Waals surface area contributed by atoms with Crippen molar-refractivity contribution in [3.8, 4) is 0 Å². The summed E-state index contributed by atoms with van der Waals surface area (Å²) in [7, 11) is 1.29. The van der Waals surface area contributed by atoms with Crippen molar-refractivity contribution in [1.29, 1.82) is 0 Å². The molecule has 0 saturated heterocycles. The van der Waals surface area contributed by atoms with Crippen LogP contribution < -0.4 is 5.32 Å². The van der Waals surface area contributed by atoms with Crippen molar-refractivity contribution < 1.29 is 18.7 Å². The summed E-state index contributed by atoms with van der Waals surface area (Å²) in [5, 5.41) is 2.49. The first kappa shape index (κ1) is 17.6.